The standard InChI is InChI=1S/C42H56ClN3O9S/c43-35-16-15-31(23-28(35)27-54-42(18-19-42)34-24-44-21-17-32(34)33-11-5-6-12-38(33)55-30-13-14-30)56-22-8-2-4-10-29(48)9-3-1-7-20-45-41(53)46-25-36(49)39(51)40(52)37(50)26-47/h5-6,11-12,15-17,21,23-24,30,36-37,39-40,47,49-52H,1-4,7-10,13-14,18-20,22,25-27H2,(H2,45,46,53)/t36-,37+,39+,40+/m0/s1. The maximum absolute atomic E-state index is 12.4. The molecule has 0 aliphatic heterocycles. The molecule has 2 aliphatic carbocycles. The van der Waals surface area contributed by atoms with Crippen LogP contribution < -0.4 is 15.4 Å². The van der Waals surface area contributed by atoms with Crippen molar-refractivity contribution in [1.29, 1.82) is 0 Å². The normalized spacial score (nSPS) is 16.8. The number of benzene rings is 2. The number of Topliss-reactive ketones (excluding diaryl/α,β-unsaturated/α-hetero) is 1. The topological polar surface area (TPSA) is 191 Å². The van der Waals surface area contributed by atoms with E-state index < -0.39 is 42.7 Å². The molecule has 4 atom stereocenters. The maximum Gasteiger partial charge on any atom is 0.314 e. The average molecular weight is 814 g/mol. The molecule has 0 spiro atoms. The number of aromatic nitrogens is 1. The maximum atomic E-state index is 12.4. The molecular formula is C42H56ClN3O9S. The highest BCUT2D eigenvalue weighted by Crippen LogP contribution is 2.53. The SMILES string of the molecule is O=C(CCCCCNC(=O)NC[C@H](O)[C@@H](O)[C@H](O)[C@H](O)CO)CCCCCSc1ccc(Cl)c(COC2(c3cnccc3-c3ccccc3OC3CC3)CC2)c1. The van der Waals surface area contributed by atoms with Crippen molar-refractivity contribution in [2.45, 2.75) is 125 Å². The Balaban J connectivity index is 0.936. The monoisotopic (exact) mass is 813 g/mol. The molecule has 0 bridgehead atoms. The van der Waals surface area contributed by atoms with Crippen molar-refractivity contribution in [2.24, 2.45) is 0 Å². The van der Waals surface area contributed by atoms with E-state index in [-0.39, 0.29) is 12.3 Å². The minimum atomic E-state index is -1.75. The number of carbonyl (C=O) groups is 2. The van der Waals surface area contributed by atoms with Crippen LogP contribution in [0.1, 0.15) is 88.2 Å². The molecule has 0 unspecified atom stereocenters. The highest BCUT2D eigenvalue weighted by molar-refractivity contribution is 7.99. The van der Waals surface area contributed by atoms with E-state index in [1.54, 1.807) is 11.8 Å². The summed E-state index contributed by atoms with van der Waals surface area (Å²) in [6.07, 6.45) is 7.57. The van der Waals surface area contributed by atoms with Gasteiger partial charge in [-0.05, 0) is 98.6 Å². The fourth-order valence-corrected chi connectivity index (χ4v) is 7.55. The smallest absolute Gasteiger partial charge is 0.314 e. The zero-order valence-electron chi connectivity index (χ0n) is 31.8. The summed E-state index contributed by atoms with van der Waals surface area (Å²) in [7, 11) is 0. The van der Waals surface area contributed by atoms with Gasteiger partial charge in [-0.15, -0.1) is 11.8 Å². The van der Waals surface area contributed by atoms with Gasteiger partial charge in [-0.1, -0.05) is 42.6 Å². The van der Waals surface area contributed by atoms with E-state index >= 15 is 0 Å². The van der Waals surface area contributed by atoms with Crippen molar-refractivity contribution >= 4 is 35.2 Å². The molecule has 2 aromatic carbocycles. The molecular weight excluding hydrogens is 758 g/mol. The van der Waals surface area contributed by atoms with E-state index in [0.717, 1.165) is 96.4 Å². The zero-order chi connectivity index (χ0) is 39.9. The molecule has 2 amide bonds. The summed E-state index contributed by atoms with van der Waals surface area (Å²) in [5.74, 6) is 2.09. The summed E-state index contributed by atoms with van der Waals surface area (Å²) < 4.78 is 12.9. The number of halogens is 1. The Hall–Kier alpha value is -3.27. The molecule has 0 radical (unpaired) electrons. The Morgan fingerprint density at radius 1 is 0.893 bits per heavy atom. The van der Waals surface area contributed by atoms with Gasteiger partial charge in [0.1, 0.15) is 29.8 Å². The lowest BCUT2D eigenvalue weighted by Crippen LogP contribution is -2.50. The summed E-state index contributed by atoms with van der Waals surface area (Å²) in [5.41, 5.74) is 3.79. The molecule has 1 heterocycles. The second-order valence-corrected chi connectivity index (χ2v) is 16.3. The number of ketones is 1. The Kier molecular flexibility index (Phi) is 17.3. The van der Waals surface area contributed by atoms with Gasteiger partial charge < -0.3 is 45.6 Å². The number of amides is 2. The molecule has 7 N–H and O–H groups in total. The third-order valence-electron chi connectivity index (χ3n) is 10.1. The van der Waals surface area contributed by atoms with E-state index in [1.165, 1.54) is 0 Å². The van der Waals surface area contributed by atoms with Crippen molar-refractivity contribution in [3.05, 3.63) is 77.1 Å². The van der Waals surface area contributed by atoms with Gasteiger partial charge in [0.05, 0.1) is 31.0 Å². The quantitative estimate of drug-likeness (QED) is 0.0391. The number of para-hydroxylation sites is 1. The summed E-state index contributed by atoms with van der Waals surface area (Å²) in [5, 5.41) is 53.2. The van der Waals surface area contributed by atoms with Gasteiger partial charge in [0.25, 0.3) is 0 Å². The highest BCUT2D eigenvalue weighted by Gasteiger charge is 2.48. The molecule has 3 aromatic rings. The first-order chi connectivity index (χ1) is 27.1. The molecule has 14 heteroatoms. The van der Waals surface area contributed by atoms with E-state index in [2.05, 4.69) is 33.8 Å². The fourth-order valence-electron chi connectivity index (χ4n) is 6.41. The number of hydrogen-bond donors (Lipinski definition) is 7. The van der Waals surface area contributed by atoms with E-state index in [0.29, 0.717) is 43.5 Å². The van der Waals surface area contributed by atoms with Gasteiger partial charge in [-0.3, -0.25) is 9.78 Å². The number of aliphatic hydroxyl groups excluding tert-OH is 5. The number of rotatable bonds is 26. The van der Waals surface area contributed by atoms with Crippen LogP contribution in [0.4, 0.5) is 4.79 Å². The van der Waals surface area contributed by atoms with Gasteiger partial charge in [0, 0.05) is 59.4 Å². The summed E-state index contributed by atoms with van der Waals surface area (Å²) >= 11 is 8.43. The van der Waals surface area contributed by atoms with Gasteiger partial charge >= 0.3 is 6.03 Å². The van der Waals surface area contributed by atoms with E-state index in [9.17, 15) is 30.0 Å². The van der Waals surface area contributed by atoms with E-state index in [1.807, 2.05) is 42.7 Å². The average Bonchev–Trinajstić information content (AvgIpc) is 4.16. The number of urea groups is 1. The van der Waals surface area contributed by atoms with Crippen molar-refractivity contribution in [1.82, 2.24) is 15.6 Å². The van der Waals surface area contributed by atoms with Crippen LogP contribution in [0, 0.1) is 0 Å². The van der Waals surface area contributed by atoms with Gasteiger partial charge in [-0.2, -0.15) is 0 Å². The molecule has 56 heavy (non-hydrogen) atoms. The number of ether oxygens (including phenoxy) is 2. The first-order valence-corrected chi connectivity index (χ1v) is 21.1. The predicted molar refractivity (Wildman–Crippen MR) is 216 cm³/mol. The Bertz CT molecular complexity index is 1710. The largest absolute Gasteiger partial charge is 0.490 e. The molecule has 5 rings (SSSR count). The van der Waals surface area contributed by atoms with Crippen LogP contribution in [0.5, 0.6) is 5.75 Å². The number of pyridine rings is 1. The van der Waals surface area contributed by atoms with Gasteiger partial charge in [-0.25, -0.2) is 4.79 Å². The highest BCUT2D eigenvalue weighted by atomic mass is 35.5. The third-order valence-corrected chi connectivity index (χ3v) is 11.6. The van der Waals surface area contributed by atoms with Crippen LogP contribution in [-0.4, -0.2) is 98.3 Å². The minimum Gasteiger partial charge on any atom is -0.490 e. The third kappa shape index (κ3) is 13.4. The van der Waals surface area contributed by atoms with Crippen LogP contribution in [0.25, 0.3) is 11.1 Å². The Morgan fingerprint density at radius 3 is 2.36 bits per heavy atom. The second-order valence-electron chi connectivity index (χ2n) is 14.7. The molecule has 2 aliphatic rings. The lowest BCUT2D eigenvalue weighted by atomic mass is 9.96. The number of unbranched alkanes of at least 4 members (excludes halogenated alkanes) is 4. The van der Waals surface area contributed by atoms with Gasteiger partial charge in [0.15, 0.2) is 0 Å². The molecule has 12 nitrogen and oxygen atoms in total. The number of aliphatic hydroxyl groups is 5. The number of hydrogen-bond acceptors (Lipinski definition) is 11. The molecule has 2 fully saturated rings. The summed E-state index contributed by atoms with van der Waals surface area (Å²) in [6, 6.07) is 15.8. The van der Waals surface area contributed by atoms with Crippen molar-refractivity contribution in [2.75, 3.05) is 25.4 Å². The van der Waals surface area contributed by atoms with Crippen molar-refractivity contribution in [3.63, 3.8) is 0 Å². The minimum absolute atomic E-state index is 0.245. The number of nitrogens with one attached hydrogen (secondary N) is 2. The summed E-state index contributed by atoms with van der Waals surface area (Å²) in [6.45, 7) is -0.349. The number of carbonyl (C=O) groups excluding carboxylic acids is 2. The lowest BCUT2D eigenvalue weighted by Gasteiger charge is -2.25. The van der Waals surface area contributed by atoms with E-state index in [4.69, 9.17) is 26.2 Å². The summed E-state index contributed by atoms with van der Waals surface area (Å²) in [4.78, 5) is 29.9. The molecule has 1 aromatic heterocycles. The fraction of sp³-hybridized carbons (Fsp3) is 0.548. The molecule has 0 saturated heterocycles. The number of thioether (sulfide) groups is 1. The van der Waals surface area contributed by atoms with Crippen LogP contribution in [-0.2, 0) is 21.7 Å². The predicted octanol–water partition coefficient (Wildman–Crippen LogP) is 5.67. The number of nitrogens with zero attached hydrogens (tertiary/aromatic N) is 1. The first-order valence-electron chi connectivity index (χ1n) is 19.7. The van der Waals surface area contributed by atoms with Crippen molar-refractivity contribution < 1.29 is 44.6 Å². The van der Waals surface area contributed by atoms with Crippen molar-refractivity contribution in [3.8, 4) is 16.9 Å². The van der Waals surface area contributed by atoms with Crippen LogP contribution in [0.3, 0.4) is 0 Å². The lowest BCUT2D eigenvalue weighted by molar-refractivity contribution is -0.119. The Morgan fingerprint density at radius 2 is 1.62 bits per heavy atom. The van der Waals surface area contributed by atoms with Gasteiger partial charge in [0.2, 0.25) is 0 Å². The molecule has 306 valence electrons. The van der Waals surface area contributed by atoms with Crippen LogP contribution in [0.15, 0.2) is 65.8 Å². The van der Waals surface area contributed by atoms with Crippen LogP contribution in [0.2, 0.25) is 5.02 Å². The molecule has 2 saturated carbocycles. The second kappa shape index (κ2) is 22.0. The Labute approximate surface area is 338 Å². The first kappa shape index (κ1) is 43.8. The van der Waals surface area contributed by atoms with Crippen LogP contribution >= 0.6 is 23.4 Å². The zero-order valence-corrected chi connectivity index (χ0v) is 33.4.